The van der Waals surface area contributed by atoms with Crippen molar-refractivity contribution in [2.75, 3.05) is 26.2 Å². The van der Waals surface area contributed by atoms with Gasteiger partial charge in [-0.1, -0.05) is 0 Å². The summed E-state index contributed by atoms with van der Waals surface area (Å²) in [6, 6.07) is 0.793. The Hall–Kier alpha value is -0.920. The van der Waals surface area contributed by atoms with Crippen LogP contribution in [0.2, 0.25) is 0 Å². The van der Waals surface area contributed by atoms with E-state index in [2.05, 4.69) is 9.88 Å². The van der Waals surface area contributed by atoms with Gasteiger partial charge in [0.2, 0.25) is 0 Å². The van der Waals surface area contributed by atoms with Gasteiger partial charge in [0.25, 0.3) is 10.0 Å². The Kier molecular flexibility index (Phi) is 2.74. The summed E-state index contributed by atoms with van der Waals surface area (Å²) in [5, 5.41) is 0.180. The predicted octanol–water partition coefficient (Wildman–Crippen LogP) is 0.135. The number of fused-ring (bicyclic) bond motifs is 1. The smallest absolute Gasteiger partial charge is 0.262 e. The van der Waals surface area contributed by atoms with Crippen LogP contribution in [0.3, 0.4) is 0 Å². The number of aryl methyl sites for hydroxylation is 1. The van der Waals surface area contributed by atoms with E-state index in [9.17, 15) is 8.42 Å². The van der Waals surface area contributed by atoms with E-state index in [1.54, 1.807) is 28.4 Å². The van der Waals surface area contributed by atoms with Crippen molar-refractivity contribution >= 4 is 10.0 Å². The summed E-state index contributed by atoms with van der Waals surface area (Å²) in [5.74, 6) is 1.02. The van der Waals surface area contributed by atoms with Gasteiger partial charge < -0.3 is 4.57 Å². The fourth-order valence-corrected chi connectivity index (χ4v) is 5.09. The van der Waals surface area contributed by atoms with Gasteiger partial charge in [0.1, 0.15) is 0 Å². The van der Waals surface area contributed by atoms with Crippen LogP contribution >= 0.6 is 0 Å². The summed E-state index contributed by atoms with van der Waals surface area (Å²) < 4.78 is 28.4. The van der Waals surface area contributed by atoms with Crippen molar-refractivity contribution in [1.29, 1.82) is 0 Å². The van der Waals surface area contributed by atoms with Gasteiger partial charge in [-0.3, -0.25) is 4.90 Å². The second-order valence-electron chi connectivity index (χ2n) is 6.40. The van der Waals surface area contributed by atoms with Gasteiger partial charge >= 0.3 is 0 Å². The lowest BCUT2D eigenvalue weighted by Gasteiger charge is -2.20. The molecule has 0 spiro atoms. The van der Waals surface area contributed by atoms with Crippen molar-refractivity contribution in [3.8, 4) is 0 Å². The Morgan fingerprint density at radius 3 is 2.30 bits per heavy atom. The molecule has 0 aromatic carbocycles. The molecule has 2 unspecified atom stereocenters. The summed E-state index contributed by atoms with van der Waals surface area (Å²) in [6.07, 6.45) is 5.78. The molecule has 110 valence electrons. The first kappa shape index (κ1) is 12.8. The largest absolute Gasteiger partial charge is 0.339 e. The van der Waals surface area contributed by atoms with Crippen LogP contribution in [-0.4, -0.2) is 59.4 Å². The lowest BCUT2D eigenvalue weighted by molar-refractivity contribution is 0.287. The minimum absolute atomic E-state index is 0.180. The molecule has 0 N–H and O–H groups in total. The van der Waals surface area contributed by atoms with E-state index in [-0.39, 0.29) is 5.03 Å². The van der Waals surface area contributed by atoms with Crippen LogP contribution in [0.5, 0.6) is 0 Å². The zero-order chi connectivity index (χ0) is 13.9. The fraction of sp³-hybridized carbons (Fsp3) is 0.769. The second kappa shape index (κ2) is 4.29. The van der Waals surface area contributed by atoms with Crippen molar-refractivity contribution in [3.63, 3.8) is 0 Å². The van der Waals surface area contributed by atoms with Gasteiger partial charge in [0, 0.05) is 45.5 Å². The molecule has 2 aliphatic heterocycles. The average molecular weight is 296 g/mol. The number of nitrogens with zero attached hydrogens (tertiary/aromatic N) is 4. The number of aromatic nitrogens is 2. The van der Waals surface area contributed by atoms with Crippen LogP contribution in [0.4, 0.5) is 0 Å². The molecular formula is C13H20N4O2S. The van der Waals surface area contributed by atoms with Crippen LogP contribution in [0.1, 0.15) is 12.8 Å². The lowest BCUT2D eigenvalue weighted by Crippen LogP contribution is -2.34. The van der Waals surface area contributed by atoms with E-state index < -0.39 is 10.0 Å². The Balaban J connectivity index is 1.49. The average Bonchev–Trinajstić information content (AvgIpc) is 2.82. The summed E-state index contributed by atoms with van der Waals surface area (Å²) in [7, 11) is -1.61. The molecule has 3 fully saturated rings. The van der Waals surface area contributed by atoms with Crippen LogP contribution in [0, 0.1) is 11.8 Å². The summed E-state index contributed by atoms with van der Waals surface area (Å²) in [6.45, 7) is 3.47. The first-order chi connectivity index (χ1) is 9.54. The van der Waals surface area contributed by atoms with E-state index in [4.69, 9.17) is 0 Å². The molecule has 3 aliphatic rings. The van der Waals surface area contributed by atoms with Gasteiger partial charge in [-0.15, -0.1) is 0 Å². The molecule has 3 heterocycles. The van der Waals surface area contributed by atoms with E-state index in [0.29, 0.717) is 24.9 Å². The molecule has 2 saturated heterocycles. The number of imidazole rings is 1. The summed E-state index contributed by atoms with van der Waals surface area (Å²) >= 11 is 0. The highest BCUT2D eigenvalue weighted by Gasteiger charge is 2.47. The first-order valence-electron chi connectivity index (χ1n) is 7.26. The molecule has 6 nitrogen and oxygen atoms in total. The third kappa shape index (κ3) is 1.99. The summed E-state index contributed by atoms with van der Waals surface area (Å²) in [5.41, 5.74) is 0. The van der Waals surface area contributed by atoms with E-state index in [1.807, 2.05) is 0 Å². The molecule has 0 radical (unpaired) electrons. The van der Waals surface area contributed by atoms with Gasteiger partial charge in [-0.2, -0.15) is 4.31 Å². The highest BCUT2D eigenvalue weighted by atomic mass is 32.2. The molecule has 7 heteroatoms. The Labute approximate surface area is 119 Å². The van der Waals surface area contributed by atoms with Crippen molar-refractivity contribution in [2.45, 2.75) is 23.9 Å². The van der Waals surface area contributed by atoms with E-state index in [0.717, 1.165) is 19.1 Å². The van der Waals surface area contributed by atoms with Crippen LogP contribution in [0.15, 0.2) is 17.6 Å². The van der Waals surface area contributed by atoms with Gasteiger partial charge in [0.15, 0.2) is 5.03 Å². The quantitative estimate of drug-likeness (QED) is 0.796. The van der Waals surface area contributed by atoms with Crippen LogP contribution in [0.25, 0.3) is 0 Å². The molecule has 1 saturated carbocycles. The SMILES string of the molecule is Cn1cnc(S(=O)(=O)N2CC3CN(C4CC4)CC3C2)c1. The molecule has 1 aromatic rings. The Morgan fingerprint density at radius 2 is 1.80 bits per heavy atom. The van der Waals surface area contributed by atoms with E-state index >= 15 is 0 Å². The minimum atomic E-state index is -3.40. The van der Waals surface area contributed by atoms with Crippen molar-refractivity contribution in [3.05, 3.63) is 12.5 Å². The van der Waals surface area contributed by atoms with Crippen molar-refractivity contribution in [1.82, 2.24) is 18.8 Å². The topological polar surface area (TPSA) is 58.4 Å². The summed E-state index contributed by atoms with van der Waals surface area (Å²) in [4.78, 5) is 6.56. The third-order valence-corrected chi connectivity index (χ3v) is 6.55. The molecule has 0 bridgehead atoms. The Bertz CT molecular complexity index is 608. The standard InChI is InChI=1S/C13H20N4O2S/c1-15-8-13(14-9-15)20(18,19)17-6-10-4-16(12-2-3-12)5-11(10)7-17/h8-12H,2-7H2,1H3. The van der Waals surface area contributed by atoms with Crippen molar-refractivity contribution in [2.24, 2.45) is 18.9 Å². The number of likely N-dealkylation sites (tertiary alicyclic amines) is 1. The first-order valence-corrected chi connectivity index (χ1v) is 8.70. The number of hydrogen-bond acceptors (Lipinski definition) is 4. The van der Waals surface area contributed by atoms with Crippen LogP contribution in [-0.2, 0) is 17.1 Å². The van der Waals surface area contributed by atoms with Gasteiger partial charge in [-0.05, 0) is 24.7 Å². The lowest BCUT2D eigenvalue weighted by atomic mass is 10.0. The predicted molar refractivity (Wildman–Crippen MR) is 73.5 cm³/mol. The molecule has 1 aliphatic carbocycles. The number of rotatable bonds is 3. The molecule has 0 amide bonds. The maximum atomic E-state index is 12.5. The number of hydrogen-bond donors (Lipinski definition) is 0. The Morgan fingerprint density at radius 1 is 1.15 bits per heavy atom. The number of sulfonamides is 1. The molecule has 20 heavy (non-hydrogen) atoms. The highest BCUT2D eigenvalue weighted by molar-refractivity contribution is 7.89. The monoisotopic (exact) mass is 296 g/mol. The third-order valence-electron chi connectivity index (χ3n) is 4.83. The normalized spacial score (nSPS) is 31.9. The minimum Gasteiger partial charge on any atom is -0.339 e. The van der Waals surface area contributed by atoms with Gasteiger partial charge in [0.05, 0.1) is 6.33 Å². The van der Waals surface area contributed by atoms with Crippen LogP contribution < -0.4 is 0 Å². The maximum Gasteiger partial charge on any atom is 0.262 e. The van der Waals surface area contributed by atoms with E-state index in [1.165, 1.54) is 12.8 Å². The van der Waals surface area contributed by atoms with Gasteiger partial charge in [-0.25, -0.2) is 13.4 Å². The fourth-order valence-electron chi connectivity index (χ4n) is 3.57. The zero-order valence-corrected chi connectivity index (χ0v) is 12.5. The zero-order valence-electron chi connectivity index (χ0n) is 11.6. The maximum absolute atomic E-state index is 12.5. The molecule has 2 atom stereocenters. The molecule has 1 aromatic heterocycles. The molecular weight excluding hydrogens is 276 g/mol. The second-order valence-corrected chi connectivity index (χ2v) is 8.29. The molecule has 4 rings (SSSR count). The van der Waals surface area contributed by atoms with Crippen molar-refractivity contribution < 1.29 is 8.42 Å². The highest BCUT2D eigenvalue weighted by Crippen LogP contribution is 2.39.